The summed E-state index contributed by atoms with van der Waals surface area (Å²) in [4.78, 5) is -0.326. The van der Waals surface area contributed by atoms with E-state index in [0.29, 0.717) is 32.1 Å². The zero-order valence-electron chi connectivity index (χ0n) is 14.5. The molecule has 1 aliphatic rings. The van der Waals surface area contributed by atoms with Crippen LogP contribution in [-0.4, -0.2) is 45.1 Å². The Balaban J connectivity index is 0.00000338. The molecule has 1 aromatic rings. The molecule has 10 heteroatoms. The maximum atomic E-state index is 13.0. The molecule has 5 nitrogen and oxygen atoms in total. The van der Waals surface area contributed by atoms with Crippen molar-refractivity contribution >= 4 is 22.4 Å². The van der Waals surface area contributed by atoms with Crippen molar-refractivity contribution in [1.29, 1.82) is 0 Å². The van der Waals surface area contributed by atoms with Gasteiger partial charge in [-0.15, -0.1) is 12.4 Å². The predicted octanol–water partition coefficient (Wildman–Crippen LogP) is 2.95. The number of rotatable bonds is 6. The van der Waals surface area contributed by atoms with E-state index in [1.165, 1.54) is 23.4 Å². The minimum Gasteiger partial charge on any atom is -0.378 e. The summed E-state index contributed by atoms with van der Waals surface area (Å²) in [5, 5.41) is 0. The van der Waals surface area contributed by atoms with E-state index in [1.54, 1.807) is 0 Å². The molecule has 0 bridgehead atoms. The van der Waals surface area contributed by atoms with E-state index in [9.17, 15) is 21.6 Å². The molecule has 2 rings (SSSR count). The summed E-state index contributed by atoms with van der Waals surface area (Å²) in [6.45, 7) is 2.82. The Hall–Kier alpha value is -0.870. The number of aryl methyl sites for hydroxylation is 1. The van der Waals surface area contributed by atoms with Crippen LogP contribution in [0, 0.1) is 6.92 Å². The molecule has 0 aromatic heterocycles. The zero-order valence-corrected chi connectivity index (χ0v) is 16.1. The van der Waals surface area contributed by atoms with Gasteiger partial charge in [-0.3, -0.25) is 0 Å². The van der Waals surface area contributed by atoms with Crippen molar-refractivity contribution in [3.63, 3.8) is 0 Å². The molecule has 1 aliphatic heterocycles. The fourth-order valence-electron chi connectivity index (χ4n) is 2.79. The minimum atomic E-state index is -4.58. The van der Waals surface area contributed by atoms with E-state index in [-0.39, 0.29) is 42.1 Å². The minimum absolute atomic E-state index is 0. The normalized spacial score (nSPS) is 17.1. The topological polar surface area (TPSA) is 72.6 Å². The van der Waals surface area contributed by atoms with Gasteiger partial charge in [-0.05, 0) is 50.4 Å². The smallest absolute Gasteiger partial charge is 0.378 e. The summed E-state index contributed by atoms with van der Waals surface area (Å²) in [6.07, 6.45) is -2.85. The van der Waals surface area contributed by atoms with Crippen LogP contribution in [0.15, 0.2) is 23.1 Å². The Morgan fingerprint density at radius 2 is 1.88 bits per heavy atom. The first-order valence-electron chi connectivity index (χ1n) is 8.16. The first-order chi connectivity index (χ1) is 11.7. The molecular formula is C16H24ClF3N2O3S. The second-order valence-corrected chi connectivity index (χ2v) is 8.03. The van der Waals surface area contributed by atoms with Crippen molar-refractivity contribution in [3.05, 3.63) is 29.3 Å². The van der Waals surface area contributed by atoms with E-state index < -0.39 is 21.8 Å². The van der Waals surface area contributed by atoms with Crippen molar-refractivity contribution in [2.45, 2.75) is 43.4 Å². The number of nitrogens with two attached hydrogens (primary N) is 1. The Morgan fingerprint density at radius 1 is 1.27 bits per heavy atom. The van der Waals surface area contributed by atoms with E-state index in [4.69, 9.17) is 10.5 Å². The van der Waals surface area contributed by atoms with Crippen LogP contribution in [0.1, 0.15) is 30.4 Å². The molecule has 0 spiro atoms. The first kappa shape index (κ1) is 23.2. The van der Waals surface area contributed by atoms with Crippen LogP contribution < -0.4 is 5.73 Å². The van der Waals surface area contributed by atoms with E-state index in [1.807, 2.05) is 0 Å². The number of alkyl halides is 3. The molecule has 1 fully saturated rings. The quantitative estimate of drug-likeness (QED) is 0.723. The van der Waals surface area contributed by atoms with Gasteiger partial charge in [0.2, 0.25) is 10.0 Å². The van der Waals surface area contributed by atoms with Crippen molar-refractivity contribution in [3.8, 4) is 0 Å². The van der Waals surface area contributed by atoms with Gasteiger partial charge in [-0.25, -0.2) is 8.42 Å². The van der Waals surface area contributed by atoms with Crippen molar-refractivity contribution in [2.75, 3.05) is 26.2 Å². The standard InChI is InChI=1S/C16H23F3N2O3S.ClH/c1-12-3-4-14(11-15(12)16(17,18)19)25(22,23)21-8-5-13(6-9-21)24-10-2-7-20;/h3-4,11,13H,2,5-10,20H2,1H3;1H. The second-order valence-electron chi connectivity index (χ2n) is 6.09. The molecule has 0 radical (unpaired) electrons. The maximum Gasteiger partial charge on any atom is 0.416 e. The van der Waals surface area contributed by atoms with Crippen LogP contribution in [0.2, 0.25) is 0 Å². The van der Waals surface area contributed by atoms with Gasteiger partial charge in [-0.2, -0.15) is 17.5 Å². The number of nitrogens with zero attached hydrogens (tertiary/aromatic N) is 1. The van der Waals surface area contributed by atoms with E-state index in [0.717, 1.165) is 6.42 Å². The van der Waals surface area contributed by atoms with Gasteiger partial charge in [-0.1, -0.05) is 6.07 Å². The number of benzene rings is 1. The lowest BCUT2D eigenvalue weighted by atomic mass is 10.1. The Morgan fingerprint density at radius 3 is 2.42 bits per heavy atom. The molecule has 150 valence electrons. The largest absolute Gasteiger partial charge is 0.416 e. The molecule has 0 aliphatic carbocycles. The first-order valence-corrected chi connectivity index (χ1v) is 9.60. The molecule has 1 heterocycles. The third-order valence-corrected chi connectivity index (χ3v) is 6.15. The lowest BCUT2D eigenvalue weighted by Gasteiger charge is -2.31. The molecule has 0 unspecified atom stereocenters. The predicted molar refractivity (Wildman–Crippen MR) is 94.8 cm³/mol. The van der Waals surface area contributed by atoms with Crippen LogP contribution in [0.25, 0.3) is 0 Å². The van der Waals surface area contributed by atoms with Crippen LogP contribution in [0.5, 0.6) is 0 Å². The van der Waals surface area contributed by atoms with Crippen LogP contribution in [0.4, 0.5) is 13.2 Å². The van der Waals surface area contributed by atoms with Crippen molar-refractivity contribution in [1.82, 2.24) is 4.31 Å². The maximum absolute atomic E-state index is 13.0. The third-order valence-electron chi connectivity index (χ3n) is 4.26. The van der Waals surface area contributed by atoms with Crippen LogP contribution in [0.3, 0.4) is 0 Å². The number of hydrogen-bond donors (Lipinski definition) is 1. The molecule has 2 N–H and O–H groups in total. The van der Waals surface area contributed by atoms with Crippen molar-refractivity contribution < 1.29 is 26.3 Å². The molecule has 0 amide bonds. The average molecular weight is 417 g/mol. The SMILES string of the molecule is Cc1ccc(S(=O)(=O)N2CCC(OCCCN)CC2)cc1C(F)(F)F.Cl. The van der Waals surface area contributed by atoms with Gasteiger partial charge < -0.3 is 10.5 Å². The van der Waals surface area contributed by atoms with E-state index >= 15 is 0 Å². The van der Waals surface area contributed by atoms with Gasteiger partial charge in [0.05, 0.1) is 16.6 Å². The zero-order chi connectivity index (χ0) is 18.7. The number of halogens is 4. The lowest BCUT2D eigenvalue weighted by molar-refractivity contribution is -0.138. The van der Waals surface area contributed by atoms with Crippen LogP contribution in [-0.2, 0) is 20.9 Å². The molecular weight excluding hydrogens is 393 g/mol. The number of sulfonamides is 1. The Bertz CT molecular complexity index is 690. The van der Waals surface area contributed by atoms with E-state index in [2.05, 4.69) is 0 Å². The fourth-order valence-corrected chi connectivity index (χ4v) is 4.28. The summed E-state index contributed by atoms with van der Waals surface area (Å²) >= 11 is 0. The highest BCUT2D eigenvalue weighted by molar-refractivity contribution is 7.89. The van der Waals surface area contributed by atoms with Crippen molar-refractivity contribution in [2.24, 2.45) is 5.73 Å². The third kappa shape index (κ3) is 5.56. The molecule has 0 atom stereocenters. The monoisotopic (exact) mass is 416 g/mol. The van der Waals surface area contributed by atoms with Gasteiger partial charge in [0.25, 0.3) is 0 Å². The summed E-state index contributed by atoms with van der Waals surface area (Å²) < 4.78 is 71.2. The van der Waals surface area contributed by atoms with Gasteiger partial charge in [0, 0.05) is 19.7 Å². The lowest BCUT2D eigenvalue weighted by Crippen LogP contribution is -2.41. The highest BCUT2D eigenvalue weighted by Gasteiger charge is 2.35. The highest BCUT2D eigenvalue weighted by atomic mass is 35.5. The molecule has 0 saturated carbocycles. The number of ether oxygens (including phenoxy) is 1. The summed E-state index contributed by atoms with van der Waals surface area (Å²) in [5.74, 6) is 0. The molecule has 26 heavy (non-hydrogen) atoms. The second kappa shape index (κ2) is 9.36. The number of piperidine rings is 1. The molecule has 1 saturated heterocycles. The Kier molecular flexibility index (Phi) is 8.34. The van der Waals surface area contributed by atoms with Gasteiger partial charge in [0.15, 0.2) is 0 Å². The van der Waals surface area contributed by atoms with Gasteiger partial charge >= 0.3 is 6.18 Å². The summed E-state index contributed by atoms with van der Waals surface area (Å²) in [5.41, 5.74) is 4.47. The summed E-state index contributed by atoms with van der Waals surface area (Å²) in [7, 11) is -3.95. The Labute approximate surface area is 158 Å². The van der Waals surface area contributed by atoms with Gasteiger partial charge in [0.1, 0.15) is 0 Å². The highest BCUT2D eigenvalue weighted by Crippen LogP contribution is 2.34. The molecule has 1 aromatic carbocycles. The average Bonchev–Trinajstić information content (AvgIpc) is 2.55. The fraction of sp³-hybridized carbons (Fsp3) is 0.625. The van der Waals surface area contributed by atoms with Crippen LogP contribution >= 0.6 is 12.4 Å². The summed E-state index contributed by atoms with van der Waals surface area (Å²) in [6, 6.07) is 3.14. The number of hydrogen-bond acceptors (Lipinski definition) is 4.